The maximum absolute atomic E-state index is 12.2. The van der Waals surface area contributed by atoms with Crippen molar-refractivity contribution in [1.82, 2.24) is 14.3 Å². The standard InChI is InChI=1S/C11H16N4O2S2/c1-8(11-13-3-4-18-11)14-19(16,17)10-5-9(6-12)15(2)7-10/h3-5,7-8,14H,6,12H2,1-2H3. The summed E-state index contributed by atoms with van der Waals surface area (Å²) in [4.78, 5) is 4.32. The van der Waals surface area contributed by atoms with E-state index in [9.17, 15) is 8.42 Å². The molecule has 2 rings (SSSR count). The minimum absolute atomic E-state index is 0.221. The first-order valence-corrected chi connectivity index (χ1v) is 8.07. The van der Waals surface area contributed by atoms with E-state index in [0.29, 0.717) is 6.54 Å². The molecule has 19 heavy (non-hydrogen) atoms. The fraction of sp³-hybridized carbons (Fsp3) is 0.364. The first-order chi connectivity index (χ1) is 8.94. The SMILES string of the molecule is CC(NS(=O)(=O)c1cc(CN)n(C)c1)c1nccs1. The van der Waals surface area contributed by atoms with E-state index in [4.69, 9.17) is 5.73 Å². The third-order valence-electron chi connectivity index (χ3n) is 2.76. The Balaban J connectivity index is 2.22. The predicted octanol–water partition coefficient (Wildman–Crippen LogP) is 0.980. The quantitative estimate of drug-likeness (QED) is 0.861. The van der Waals surface area contributed by atoms with E-state index in [1.54, 1.807) is 37.0 Å². The molecule has 0 saturated heterocycles. The molecule has 2 aromatic rings. The number of aryl methyl sites for hydroxylation is 1. The fourth-order valence-electron chi connectivity index (χ4n) is 1.73. The van der Waals surface area contributed by atoms with Crippen LogP contribution in [0.3, 0.4) is 0 Å². The number of rotatable bonds is 5. The molecule has 0 bridgehead atoms. The van der Waals surface area contributed by atoms with Crippen LogP contribution in [0.25, 0.3) is 0 Å². The maximum Gasteiger partial charge on any atom is 0.242 e. The molecule has 2 aromatic heterocycles. The van der Waals surface area contributed by atoms with Gasteiger partial charge in [-0.15, -0.1) is 11.3 Å². The van der Waals surface area contributed by atoms with Crippen molar-refractivity contribution in [3.63, 3.8) is 0 Å². The Kier molecular flexibility index (Phi) is 4.04. The Hall–Kier alpha value is -1.22. The Morgan fingerprint density at radius 3 is 2.84 bits per heavy atom. The van der Waals surface area contributed by atoms with Gasteiger partial charge in [0, 0.05) is 37.1 Å². The number of aromatic nitrogens is 2. The van der Waals surface area contributed by atoms with Gasteiger partial charge in [-0.25, -0.2) is 18.1 Å². The van der Waals surface area contributed by atoms with Crippen molar-refractivity contribution in [2.24, 2.45) is 12.8 Å². The van der Waals surface area contributed by atoms with Crippen LogP contribution >= 0.6 is 11.3 Å². The van der Waals surface area contributed by atoms with Crippen LogP contribution in [0, 0.1) is 0 Å². The van der Waals surface area contributed by atoms with Crippen LogP contribution in [0.4, 0.5) is 0 Å². The van der Waals surface area contributed by atoms with Crippen molar-refractivity contribution >= 4 is 21.4 Å². The first kappa shape index (κ1) is 14.2. The molecule has 0 aromatic carbocycles. The smallest absolute Gasteiger partial charge is 0.242 e. The van der Waals surface area contributed by atoms with Crippen molar-refractivity contribution in [3.8, 4) is 0 Å². The highest BCUT2D eigenvalue weighted by Crippen LogP contribution is 2.19. The van der Waals surface area contributed by atoms with Crippen LogP contribution < -0.4 is 10.5 Å². The van der Waals surface area contributed by atoms with Gasteiger partial charge < -0.3 is 10.3 Å². The second-order valence-corrected chi connectivity index (χ2v) is 6.84. The van der Waals surface area contributed by atoms with Crippen LogP contribution in [-0.2, 0) is 23.6 Å². The summed E-state index contributed by atoms with van der Waals surface area (Å²) in [7, 11) is -1.79. The van der Waals surface area contributed by atoms with E-state index in [1.807, 2.05) is 5.38 Å². The highest BCUT2D eigenvalue weighted by Gasteiger charge is 2.21. The third kappa shape index (κ3) is 3.03. The predicted molar refractivity (Wildman–Crippen MR) is 74.2 cm³/mol. The Morgan fingerprint density at radius 1 is 1.58 bits per heavy atom. The van der Waals surface area contributed by atoms with Gasteiger partial charge in [-0.1, -0.05) is 0 Å². The van der Waals surface area contributed by atoms with Gasteiger partial charge in [-0.05, 0) is 13.0 Å². The molecule has 0 aliphatic carbocycles. The molecule has 6 nitrogen and oxygen atoms in total. The monoisotopic (exact) mass is 300 g/mol. The molecule has 3 N–H and O–H groups in total. The Labute approximate surface area is 116 Å². The maximum atomic E-state index is 12.2. The van der Waals surface area contributed by atoms with Gasteiger partial charge in [0.2, 0.25) is 10.0 Å². The molecule has 0 aliphatic heterocycles. The summed E-state index contributed by atoms with van der Waals surface area (Å²) in [6.45, 7) is 2.07. The first-order valence-electron chi connectivity index (χ1n) is 5.71. The molecule has 0 radical (unpaired) electrons. The summed E-state index contributed by atoms with van der Waals surface area (Å²) in [6, 6.07) is 1.23. The van der Waals surface area contributed by atoms with Gasteiger partial charge >= 0.3 is 0 Å². The van der Waals surface area contributed by atoms with Crippen LogP contribution in [-0.4, -0.2) is 18.0 Å². The normalized spacial score (nSPS) is 13.6. The second-order valence-electron chi connectivity index (χ2n) is 4.20. The average molecular weight is 300 g/mol. The van der Waals surface area contributed by atoms with E-state index < -0.39 is 10.0 Å². The zero-order chi connectivity index (χ0) is 14.0. The zero-order valence-electron chi connectivity index (χ0n) is 10.7. The summed E-state index contributed by atoms with van der Waals surface area (Å²) in [5.74, 6) is 0. The molecule has 0 saturated carbocycles. The van der Waals surface area contributed by atoms with Crippen LogP contribution in [0.5, 0.6) is 0 Å². The van der Waals surface area contributed by atoms with Gasteiger partial charge in [0.05, 0.1) is 10.9 Å². The molecular formula is C11H16N4O2S2. The number of hydrogen-bond donors (Lipinski definition) is 2. The number of sulfonamides is 1. The number of nitrogens with two attached hydrogens (primary N) is 1. The molecule has 0 fully saturated rings. The van der Waals surface area contributed by atoms with Gasteiger partial charge in [0.1, 0.15) is 5.01 Å². The third-order valence-corrected chi connectivity index (χ3v) is 5.22. The minimum Gasteiger partial charge on any atom is -0.352 e. The Bertz CT molecular complexity index is 646. The van der Waals surface area contributed by atoms with Crippen LogP contribution in [0.1, 0.15) is 23.7 Å². The molecule has 1 unspecified atom stereocenters. The highest BCUT2D eigenvalue weighted by molar-refractivity contribution is 7.89. The number of nitrogens with zero attached hydrogens (tertiary/aromatic N) is 2. The van der Waals surface area contributed by atoms with E-state index >= 15 is 0 Å². The largest absolute Gasteiger partial charge is 0.352 e. The summed E-state index contributed by atoms with van der Waals surface area (Å²) >= 11 is 1.42. The van der Waals surface area contributed by atoms with Crippen molar-refractivity contribution in [3.05, 3.63) is 34.5 Å². The summed E-state index contributed by atoms with van der Waals surface area (Å²) in [6.07, 6.45) is 3.21. The van der Waals surface area contributed by atoms with Crippen molar-refractivity contribution in [2.45, 2.75) is 24.4 Å². The molecule has 1 atom stereocenters. The molecule has 0 amide bonds. The summed E-state index contributed by atoms with van der Waals surface area (Å²) in [5.41, 5.74) is 6.31. The topological polar surface area (TPSA) is 90.0 Å². The number of hydrogen-bond acceptors (Lipinski definition) is 5. The lowest BCUT2D eigenvalue weighted by molar-refractivity contribution is 0.566. The molecule has 0 aliphatic rings. The lowest BCUT2D eigenvalue weighted by atomic mass is 10.4. The fourth-order valence-corrected chi connectivity index (χ4v) is 3.75. The van der Waals surface area contributed by atoms with E-state index in [1.165, 1.54) is 11.3 Å². The van der Waals surface area contributed by atoms with Crippen molar-refractivity contribution < 1.29 is 8.42 Å². The van der Waals surface area contributed by atoms with Gasteiger partial charge in [0.25, 0.3) is 0 Å². The number of nitrogens with one attached hydrogen (secondary N) is 1. The van der Waals surface area contributed by atoms with Crippen molar-refractivity contribution in [1.29, 1.82) is 0 Å². The van der Waals surface area contributed by atoms with Crippen molar-refractivity contribution in [2.75, 3.05) is 0 Å². The lowest BCUT2D eigenvalue weighted by Crippen LogP contribution is -2.26. The molecule has 104 valence electrons. The highest BCUT2D eigenvalue weighted by atomic mass is 32.2. The minimum atomic E-state index is -3.56. The van der Waals surface area contributed by atoms with E-state index in [-0.39, 0.29) is 10.9 Å². The molecule has 2 heterocycles. The van der Waals surface area contributed by atoms with E-state index in [2.05, 4.69) is 9.71 Å². The van der Waals surface area contributed by atoms with Crippen LogP contribution in [0.2, 0.25) is 0 Å². The van der Waals surface area contributed by atoms with Gasteiger partial charge in [0.15, 0.2) is 0 Å². The molecule has 8 heteroatoms. The molecular weight excluding hydrogens is 284 g/mol. The molecule has 0 spiro atoms. The zero-order valence-corrected chi connectivity index (χ0v) is 12.3. The van der Waals surface area contributed by atoms with E-state index in [0.717, 1.165) is 10.7 Å². The Morgan fingerprint density at radius 2 is 2.32 bits per heavy atom. The van der Waals surface area contributed by atoms with Gasteiger partial charge in [-0.2, -0.15) is 0 Å². The average Bonchev–Trinajstić information content (AvgIpc) is 2.96. The number of thiazole rings is 1. The van der Waals surface area contributed by atoms with Crippen LogP contribution in [0.15, 0.2) is 28.7 Å². The lowest BCUT2D eigenvalue weighted by Gasteiger charge is -2.10. The van der Waals surface area contributed by atoms with Gasteiger partial charge in [-0.3, -0.25) is 0 Å². The second kappa shape index (κ2) is 5.41. The summed E-state index contributed by atoms with van der Waals surface area (Å²) < 4.78 is 28.8. The summed E-state index contributed by atoms with van der Waals surface area (Å²) in [5, 5.41) is 2.55.